The number of benzene rings is 1. The Kier molecular flexibility index (Phi) is 5.12. The minimum absolute atomic E-state index is 0.156. The van der Waals surface area contributed by atoms with Gasteiger partial charge in [-0.15, -0.1) is 0 Å². The fourth-order valence-corrected chi connectivity index (χ4v) is 1.93. The van der Waals surface area contributed by atoms with Gasteiger partial charge in [-0.05, 0) is 30.9 Å². The molecule has 0 unspecified atom stereocenters. The minimum atomic E-state index is -0.994. The predicted molar refractivity (Wildman–Crippen MR) is 76.1 cm³/mol. The monoisotopic (exact) mass is 271 g/mol. The number of rotatable bonds is 7. The molecule has 0 bridgehead atoms. The quantitative estimate of drug-likeness (QED) is 0.786. The first-order valence-electron chi connectivity index (χ1n) is 6.61. The first-order valence-corrected chi connectivity index (χ1v) is 6.61. The first kappa shape index (κ1) is 14.1. The summed E-state index contributed by atoms with van der Waals surface area (Å²) in [5.74, 6) is -0.661. The molecule has 0 radical (unpaired) electrons. The normalized spacial score (nSPS) is 10.2. The molecule has 0 fully saturated rings. The van der Waals surface area contributed by atoms with Crippen molar-refractivity contribution < 1.29 is 14.6 Å². The van der Waals surface area contributed by atoms with E-state index in [1.165, 1.54) is 24.0 Å². The molecule has 0 aliphatic heterocycles. The van der Waals surface area contributed by atoms with E-state index in [1.54, 1.807) is 0 Å². The molecule has 0 aliphatic carbocycles. The Morgan fingerprint density at radius 3 is 2.70 bits per heavy atom. The van der Waals surface area contributed by atoms with Gasteiger partial charge < -0.3 is 9.84 Å². The Balaban J connectivity index is 1.75. The highest BCUT2D eigenvalue weighted by atomic mass is 16.5. The molecule has 104 valence electrons. The van der Waals surface area contributed by atoms with Crippen LogP contribution in [0.1, 0.15) is 28.8 Å². The van der Waals surface area contributed by atoms with Crippen LogP contribution in [0.25, 0.3) is 0 Å². The first-order chi connectivity index (χ1) is 9.77. The van der Waals surface area contributed by atoms with Crippen molar-refractivity contribution in [1.29, 1.82) is 0 Å². The average Bonchev–Trinajstić information content (AvgIpc) is 2.48. The number of aromatic carboxylic acids is 1. The van der Waals surface area contributed by atoms with E-state index in [9.17, 15) is 4.79 Å². The molecule has 4 nitrogen and oxygen atoms in total. The molecule has 1 aromatic heterocycles. The summed E-state index contributed by atoms with van der Waals surface area (Å²) in [6.07, 6.45) is 5.78. The summed E-state index contributed by atoms with van der Waals surface area (Å²) < 4.78 is 5.49. The third-order valence-corrected chi connectivity index (χ3v) is 2.98. The zero-order valence-corrected chi connectivity index (χ0v) is 11.2. The standard InChI is InChI=1S/C16H17NO3/c18-16(19)14-9-10-17-12-15(14)20-11-5-4-8-13-6-2-1-3-7-13/h1-3,6-7,9-10,12H,4-5,8,11H2,(H,18,19). The number of aryl methyl sites for hydroxylation is 1. The van der Waals surface area contributed by atoms with Crippen LogP contribution in [0, 0.1) is 0 Å². The second kappa shape index (κ2) is 7.28. The highest BCUT2D eigenvalue weighted by molar-refractivity contribution is 5.90. The molecule has 1 N–H and O–H groups in total. The summed E-state index contributed by atoms with van der Waals surface area (Å²) >= 11 is 0. The summed E-state index contributed by atoms with van der Waals surface area (Å²) in [6.45, 7) is 0.499. The van der Waals surface area contributed by atoms with Gasteiger partial charge in [-0.2, -0.15) is 0 Å². The predicted octanol–water partition coefficient (Wildman–Crippen LogP) is 3.18. The molecule has 0 atom stereocenters. The summed E-state index contributed by atoms with van der Waals surface area (Å²) in [6, 6.07) is 11.7. The molecule has 1 heterocycles. The summed E-state index contributed by atoms with van der Waals surface area (Å²) in [5, 5.41) is 9.01. The van der Waals surface area contributed by atoms with E-state index < -0.39 is 5.97 Å². The number of nitrogens with zero attached hydrogens (tertiary/aromatic N) is 1. The smallest absolute Gasteiger partial charge is 0.339 e. The van der Waals surface area contributed by atoms with Gasteiger partial charge >= 0.3 is 5.97 Å². The van der Waals surface area contributed by atoms with E-state index in [0.717, 1.165) is 19.3 Å². The number of hydrogen-bond donors (Lipinski definition) is 1. The molecule has 0 saturated heterocycles. The number of unbranched alkanes of at least 4 members (excludes halogenated alkanes) is 1. The van der Waals surface area contributed by atoms with Gasteiger partial charge in [-0.3, -0.25) is 4.98 Å². The minimum Gasteiger partial charge on any atom is -0.491 e. The Bertz CT molecular complexity index is 555. The third-order valence-electron chi connectivity index (χ3n) is 2.98. The van der Waals surface area contributed by atoms with Crippen molar-refractivity contribution in [2.45, 2.75) is 19.3 Å². The fourth-order valence-electron chi connectivity index (χ4n) is 1.93. The Morgan fingerprint density at radius 1 is 1.15 bits per heavy atom. The molecular weight excluding hydrogens is 254 g/mol. The van der Waals surface area contributed by atoms with Crippen LogP contribution >= 0.6 is 0 Å². The molecular formula is C16H17NO3. The topological polar surface area (TPSA) is 59.4 Å². The van der Waals surface area contributed by atoms with Crippen molar-refractivity contribution >= 4 is 5.97 Å². The van der Waals surface area contributed by atoms with E-state index in [2.05, 4.69) is 17.1 Å². The maximum Gasteiger partial charge on any atom is 0.339 e. The van der Waals surface area contributed by atoms with Crippen LogP contribution < -0.4 is 4.74 Å². The zero-order valence-electron chi connectivity index (χ0n) is 11.2. The van der Waals surface area contributed by atoms with Crippen LogP contribution in [0.4, 0.5) is 0 Å². The van der Waals surface area contributed by atoms with Crippen molar-refractivity contribution in [3.05, 3.63) is 59.9 Å². The van der Waals surface area contributed by atoms with Crippen LogP contribution in [-0.2, 0) is 6.42 Å². The largest absolute Gasteiger partial charge is 0.491 e. The van der Waals surface area contributed by atoms with E-state index >= 15 is 0 Å². The summed E-state index contributed by atoms with van der Waals surface area (Å²) in [5.41, 5.74) is 1.46. The molecule has 0 aliphatic rings. The number of carbonyl (C=O) groups is 1. The molecule has 20 heavy (non-hydrogen) atoms. The Hall–Kier alpha value is -2.36. The van der Waals surface area contributed by atoms with Gasteiger partial charge in [0.05, 0.1) is 12.8 Å². The highest BCUT2D eigenvalue weighted by Crippen LogP contribution is 2.16. The maximum atomic E-state index is 11.0. The lowest BCUT2D eigenvalue weighted by molar-refractivity contribution is 0.0692. The molecule has 0 saturated carbocycles. The maximum absolute atomic E-state index is 11.0. The molecule has 1 aromatic carbocycles. The number of carboxylic acid groups (broad SMARTS) is 1. The van der Waals surface area contributed by atoms with Crippen LogP contribution in [0.15, 0.2) is 48.8 Å². The molecule has 2 rings (SSSR count). The van der Waals surface area contributed by atoms with E-state index in [0.29, 0.717) is 12.4 Å². The SMILES string of the molecule is O=C(O)c1ccncc1OCCCCc1ccccc1. The van der Waals surface area contributed by atoms with Crippen molar-refractivity contribution in [3.8, 4) is 5.75 Å². The van der Waals surface area contributed by atoms with Crippen LogP contribution in [-0.4, -0.2) is 22.7 Å². The summed E-state index contributed by atoms with van der Waals surface area (Å²) in [4.78, 5) is 14.9. The van der Waals surface area contributed by atoms with Gasteiger partial charge in [-0.1, -0.05) is 30.3 Å². The lowest BCUT2D eigenvalue weighted by Crippen LogP contribution is -2.05. The summed E-state index contributed by atoms with van der Waals surface area (Å²) in [7, 11) is 0. The van der Waals surface area contributed by atoms with Crippen molar-refractivity contribution in [3.63, 3.8) is 0 Å². The van der Waals surface area contributed by atoms with Gasteiger partial charge in [0.2, 0.25) is 0 Å². The molecule has 4 heteroatoms. The zero-order chi connectivity index (χ0) is 14.2. The lowest BCUT2D eigenvalue weighted by atomic mass is 10.1. The fraction of sp³-hybridized carbons (Fsp3) is 0.250. The van der Waals surface area contributed by atoms with Crippen LogP contribution in [0.3, 0.4) is 0 Å². The van der Waals surface area contributed by atoms with Crippen LogP contribution in [0.5, 0.6) is 5.75 Å². The average molecular weight is 271 g/mol. The third kappa shape index (κ3) is 4.09. The molecule has 2 aromatic rings. The van der Waals surface area contributed by atoms with E-state index in [-0.39, 0.29) is 5.56 Å². The van der Waals surface area contributed by atoms with Crippen molar-refractivity contribution in [2.75, 3.05) is 6.61 Å². The van der Waals surface area contributed by atoms with Crippen molar-refractivity contribution in [1.82, 2.24) is 4.98 Å². The number of ether oxygens (including phenoxy) is 1. The molecule has 0 amide bonds. The van der Waals surface area contributed by atoms with Crippen LogP contribution in [0.2, 0.25) is 0 Å². The number of hydrogen-bond acceptors (Lipinski definition) is 3. The number of pyridine rings is 1. The van der Waals surface area contributed by atoms with Gasteiger partial charge in [0.1, 0.15) is 5.56 Å². The molecule has 0 spiro atoms. The van der Waals surface area contributed by atoms with Crippen molar-refractivity contribution in [2.24, 2.45) is 0 Å². The second-order valence-corrected chi connectivity index (χ2v) is 4.47. The Labute approximate surface area is 118 Å². The lowest BCUT2D eigenvalue weighted by Gasteiger charge is -2.08. The second-order valence-electron chi connectivity index (χ2n) is 4.47. The highest BCUT2D eigenvalue weighted by Gasteiger charge is 2.10. The van der Waals surface area contributed by atoms with Gasteiger partial charge in [0, 0.05) is 6.20 Å². The number of aromatic nitrogens is 1. The van der Waals surface area contributed by atoms with E-state index in [1.807, 2.05) is 18.2 Å². The van der Waals surface area contributed by atoms with Gasteiger partial charge in [0.25, 0.3) is 0 Å². The van der Waals surface area contributed by atoms with Gasteiger partial charge in [-0.25, -0.2) is 4.79 Å². The van der Waals surface area contributed by atoms with E-state index in [4.69, 9.17) is 9.84 Å². The number of carboxylic acids is 1. The Morgan fingerprint density at radius 2 is 1.95 bits per heavy atom. The van der Waals surface area contributed by atoms with Gasteiger partial charge in [0.15, 0.2) is 5.75 Å².